The van der Waals surface area contributed by atoms with Crippen LogP contribution in [0.25, 0.3) is 11.1 Å². The van der Waals surface area contributed by atoms with Crippen LogP contribution in [0.2, 0.25) is 0 Å². The fraction of sp³-hybridized carbons (Fsp3) is 0.143. The van der Waals surface area contributed by atoms with Crippen molar-refractivity contribution in [2.24, 2.45) is 0 Å². The number of hydrogen-bond donors (Lipinski definition) is 0. The van der Waals surface area contributed by atoms with Crippen LogP contribution >= 0.6 is 0 Å². The van der Waals surface area contributed by atoms with Crippen LogP contribution in [0.3, 0.4) is 0 Å². The highest BCUT2D eigenvalue weighted by Crippen LogP contribution is 2.49. The Morgan fingerprint density at radius 1 is 0.810 bits per heavy atom. The van der Waals surface area contributed by atoms with Crippen LogP contribution in [0.4, 0.5) is 0 Å². The molecule has 0 amide bonds. The van der Waals surface area contributed by atoms with Crippen molar-refractivity contribution < 1.29 is 0 Å². The van der Waals surface area contributed by atoms with Crippen molar-refractivity contribution in [2.45, 2.75) is 19.8 Å². The maximum Gasteiger partial charge on any atom is 0.0358 e. The summed E-state index contributed by atoms with van der Waals surface area (Å²) in [5.41, 5.74) is 9.37. The molecule has 0 unspecified atom stereocenters. The van der Waals surface area contributed by atoms with Crippen LogP contribution in [-0.2, 0) is 0 Å². The summed E-state index contributed by atoms with van der Waals surface area (Å²) < 4.78 is 0. The van der Waals surface area contributed by atoms with Crippen molar-refractivity contribution in [1.29, 1.82) is 0 Å². The Kier molecular flexibility index (Phi) is 2.71. The summed E-state index contributed by atoms with van der Waals surface area (Å²) in [6, 6.07) is 17.5. The molecule has 0 bridgehead atoms. The first-order chi connectivity index (χ1) is 10.3. The zero-order chi connectivity index (χ0) is 14.4. The zero-order valence-electron chi connectivity index (χ0n) is 12.4. The van der Waals surface area contributed by atoms with E-state index < -0.39 is 0 Å². The van der Waals surface area contributed by atoms with Gasteiger partial charge in [0.2, 0.25) is 0 Å². The molecule has 0 fully saturated rings. The van der Waals surface area contributed by atoms with E-state index in [4.69, 9.17) is 0 Å². The summed E-state index contributed by atoms with van der Waals surface area (Å²) in [6.45, 7) is 4.29. The second kappa shape index (κ2) is 4.60. The Labute approximate surface area is 126 Å². The third kappa shape index (κ3) is 1.83. The van der Waals surface area contributed by atoms with E-state index in [1.807, 2.05) is 0 Å². The highest BCUT2D eigenvalue weighted by molar-refractivity contribution is 5.81. The van der Waals surface area contributed by atoms with Crippen LogP contribution in [0, 0.1) is 6.08 Å². The van der Waals surface area contributed by atoms with E-state index in [1.54, 1.807) is 0 Å². The smallest absolute Gasteiger partial charge is 0.0358 e. The number of benzene rings is 2. The first-order valence-electron chi connectivity index (χ1n) is 7.43. The summed E-state index contributed by atoms with van der Waals surface area (Å²) in [7, 11) is 0. The lowest BCUT2D eigenvalue weighted by Gasteiger charge is -2.13. The molecule has 2 aromatic rings. The summed E-state index contributed by atoms with van der Waals surface area (Å²) in [6.07, 6.45) is 8.02. The van der Waals surface area contributed by atoms with Crippen molar-refractivity contribution in [3.63, 3.8) is 0 Å². The Hall–Kier alpha value is -2.34. The van der Waals surface area contributed by atoms with Gasteiger partial charge in [-0.05, 0) is 53.3 Å². The molecule has 101 valence electrons. The lowest BCUT2D eigenvalue weighted by atomic mass is 9.89. The van der Waals surface area contributed by atoms with E-state index in [-0.39, 0.29) is 0 Å². The van der Waals surface area contributed by atoms with Gasteiger partial charge in [-0.15, -0.1) is 0 Å². The molecule has 0 saturated heterocycles. The molecule has 0 saturated carbocycles. The molecule has 0 spiro atoms. The van der Waals surface area contributed by atoms with E-state index in [0.29, 0.717) is 5.92 Å². The molecule has 2 aliphatic rings. The van der Waals surface area contributed by atoms with Gasteiger partial charge in [-0.25, -0.2) is 0 Å². The average Bonchev–Trinajstić information content (AvgIpc) is 3.09. The van der Waals surface area contributed by atoms with Gasteiger partial charge in [0.1, 0.15) is 0 Å². The fourth-order valence-electron chi connectivity index (χ4n) is 3.36. The Bertz CT molecular complexity index is 766. The SMILES string of the molecule is CC(C)=C1[C]=C(C2c3ccccc3-c3ccccc32)C=C1. The molecule has 2 aromatic carbocycles. The molecule has 4 rings (SSSR count). The minimum absolute atomic E-state index is 0.325. The highest BCUT2D eigenvalue weighted by Gasteiger charge is 2.30. The van der Waals surface area contributed by atoms with Crippen molar-refractivity contribution in [3.8, 4) is 11.1 Å². The topological polar surface area (TPSA) is 0 Å². The Morgan fingerprint density at radius 3 is 1.90 bits per heavy atom. The monoisotopic (exact) mass is 269 g/mol. The molecule has 2 aliphatic carbocycles. The molecule has 1 radical (unpaired) electrons. The maximum atomic E-state index is 3.60. The first-order valence-corrected chi connectivity index (χ1v) is 7.43. The lowest BCUT2D eigenvalue weighted by molar-refractivity contribution is 1.01. The van der Waals surface area contributed by atoms with Gasteiger partial charge in [0.15, 0.2) is 0 Å². The summed E-state index contributed by atoms with van der Waals surface area (Å²) in [4.78, 5) is 0. The number of hydrogen-bond acceptors (Lipinski definition) is 0. The fourth-order valence-corrected chi connectivity index (χ4v) is 3.36. The van der Waals surface area contributed by atoms with E-state index in [2.05, 4.69) is 80.6 Å². The van der Waals surface area contributed by atoms with Crippen LogP contribution in [-0.4, -0.2) is 0 Å². The minimum atomic E-state index is 0.325. The summed E-state index contributed by atoms with van der Waals surface area (Å²) in [5.74, 6) is 0.325. The number of fused-ring (bicyclic) bond motifs is 3. The largest absolute Gasteiger partial charge is 0.0686 e. The van der Waals surface area contributed by atoms with Crippen molar-refractivity contribution >= 4 is 0 Å². The van der Waals surface area contributed by atoms with E-state index in [1.165, 1.54) is 39.0 Å². The van der Waals surface area contributed by atoms with Gasteiger partial charge in [-0.3, -0.25) is 0 Å². The standard InChI is InChI=1S/C21H17/c1-14(2)15-11-12-16(13-15)21-19-9-5-3-7-17(19)18-8-4-6-10-20(18)21/h3-12,21H,1-2H3. The normalized spacial score (nSPS) is 15.9. The van der Waals surface area contributed by atoms with Crippen molar-refractivity contribution in [1.82, 2.24) is 0 Å². The van der Waals surface area contributed by atoms with Gasteiger partial charge in [0.25, 0.3) is 0 Å². The second-order valence-corrected chi connectivity index (χ2v) is 5.93. The van der Waals surface area contributed by atoms with Crippen LogP contribution < -0.4 is 0 Å². The van der Waals surface area contributed by atoms with Crippen LogP contribution in [0.5, 0.6) is 0 Å². The Morgan fingerprint density at radius 2 is 1.38 bits per heavy atom. The van der Waals surface area contributed by atoms with Crippen LogP contribution in [0.15, 0.2) is 77.4 Å². The van der Waals surface area contributed by atoms with Crippen molar-refractivity contribution in [2.75, 3.05) is 0 Å². The van der Waals surface area contributed by atoms with Gasteiger partial charge >= 0.3 is 0 Å². The second-order valence-electron chi connectivity index (χ2n) is 5.93. The van der Waals surface area contributed by atoms with Gasteiger partial charge in [-0.1, -0.05) is 66.3 Å². The molecular weight excluding hydrogens is 252 g/mol. The highest BCUT2D eigenvalue weighted by atomic mass is 14.3. The molecular formula is C21H17. The van der Waals surface area contributed by atoms with Gasteiger partial charge in [0, 0.05) is 5.92 Å². The number of rotatable bonds is 1. The molecule has 0 atom stereocenters. The third-order valence-electron chi connectivity index (χ3n) is 4.39. The molecule has 0 nitrogen and oxygen atoms in total. The van der Waals surface area contributed by atoms with E-state index in [9.17, 15) is 0 Å². The first kappa shape index (κ1) is 12.4. The molecule has 0 heterocycles. The maximum absolute atomic E-state index is 3.60. The average molecular weight is 269 g/mol. The van der Waals surface area contributed by atoms with Gasteiger partial charge in [-0.2, -0.15) is 0 Å². The lowest BCUT2D eigenvalue weighted by Crippen LogP contribution is -1.98. The third-order valence-corrected chi connectivity index (χ3v) is 4.39. The Balaban J connectivity index is 1.93. The van der Waals surface area contributed by atoms with Crippen molar-refractivity contribution in [3.05, 3.63) is 94.6 Å². The zero-order valence-corrected chi connectivity index (χ0v) is 12.4. The molecule has 0 heteroatoms. The van der Waals surface area contributed by atoms with E-state index in [0.717, 1.165) is 0 Å². The summed E-state index contributed by atoms with van der Waals surface area (Å²) >= 11 is 0. The molecule has 21 heavy (non-hydrogen) atoms. The number of allylic oxidation sites excluding steroid dienone is 6. The molecule has 0 aliphatic heterocycles. The predicted octanol–water partition coefficient (Wildman–Crippen LogP) is 5.43. The van der Waals surface area contributed by atoms with E-state index >= 15 is 0 Å². The van der Waals surface area contributed by atoms with Crippen LogP contribution in [0.1, 0.15) is 30.9 Å². The predicted molar refractivity (Wildman–Crippen MR) is 88.0 cm³/mol. The minimum Gasteiger partial charge on any atom is -0.0686 e. The summed E-state index contributed by atoms with van der Waals surface area (Å²) in [5, 5.41) is 0. The molecule has 0 N–H and O–H groups in total. The van der Waals surface area contributed by atoms with Gasteiger partial charge in [0.05, 0.1) is 0 Å². The van der Waals surface area contributed by atoms with Gasteiger partial charge < -0.3 is 0 Å². The molecule has 0 aromatic heterocycles. The quantitative estimate of drug-likeness (QED) is 0.647.